The summed E-state index contributed by atoms with van der Waals surface area (Å²) in [6, 6.07) is 0. The fourth-order valence-corrected chi connectivity index (χ4v) is 1.40. The van der Waals surface area contributed by atoms with Gasteiger partial charge >= 0.3 is 0 Å². The lowest BCUT2D eigenvalue weighted by Gasteiger charge is -2.17. The maximum atomic E-state index is 4.29. The van der Waals surface area contributed by atoms with Crippen LogP contribution in [0.2, 0.25) is 0 Å². The van der Waals surface area contributed by atoms with Crippen LogP contribution in [0.1, 0.15) is 40.3 Å². The molecule has 0 unspecified atom stereocenters. The summed E-state index contributed by atoms with van der Waals surface area (Å²) in [4.78, 5) is 8.31. The van der Waals surface area contributed by atoms with E-state index in [0.717, 1.165) is 5.65 Å². The van der Waals surface area contributed by atoms with E-state index in [0.29, 0.717) is 0 Å². The summed E-state index contributed by atoms with van der Waals surface area (Å²) in [6.07, 6.45) is 7.42. The number of rotatable bonds is 0. The highest BCUT2D eigenvalue weighted by Gasteiger charge is 2.17. The van der Waals surface area contributed by atoms with E-state index >= 15 is 0 Å². The van der Waals surface area contributed by atoms with Gasteiger partial charge in [-0.2, -0.15) is 0 Å². The van der Waals surface area contributed by atoms with Crippen LogP contribution < -0.4 is 0 Å². The van der Waals surface area contributed by atoms with Crippen LogP contribution in [0.25, 0.3) is 5.65 Å². The summed E-state index contributed by atoms with van der Waals surface area (Å²) in [7, 11) is 0. The third-order valence-corrected chi connectivity index (χ3v) is 2.09. The molecule has 0 bridgehead atoms. The molecular formula is C12H19N3. The van der Waals surface area contributed by atoms with Crippen LogP contribution in [-0.4, -0.2) is 14.4 Å². The Hall–Kier alpha value is -1.38. The van der Waals surface area contributed by atoms with E-state index in [4.69, 9.17) is 0 Å². The van der Waals surface area contributed by atoms with Gasteiger partial charge in [-0.1, -0.05) is 34.6 Å². The summed E-state index contributed by atoms with van der Waals surface area (Å²) in [5.74, 6) is 0. The highest BCUT2D eigenvalue weighted by molar-refractivity contribution is 5.38. The first kappa shape index (κ1) is 11.7. The molecule has 0 saturated heterocycles. The SMILES string of the molecule is CC.CC(C)(C)c1cnc2cnccn12. The lowest BCUT2D eigenvalue weighted by molar-refractivity contribution is 0.563. The summed E-state index contributed by atoms with van der Waals surface area (Å²) in [5, 5.41) is 0. The van der Waals surface area contributed by atoms with Crippen molar-refractivity contribution < 1.29 is 0 Å². The van der Waals surface area contributed by atoms with Crippen LogP contribution >= 0.6 is 0 Å². The second-order valence-electron chi connectivity index (χ2n) is 4.20. The van der Waals surface area contributed by atoms with Crippen LogP contribution in [0, 0.1) is 0 Å². The van der Waals surface area contributed by atoms with Gasteiger partial charge in [0.15, 0.2) is 5.65 Å². The van der Waals surface area contributed by atoms with Gasteiger partial charge < -0.3 is 4.40 Å². The molecule has 2 aromatic rings. The smallest absolute Gasteiger partial charge is 0.155 e. The molecule has 3 heteroatoms. The monoisotopic (exact) mass is 205 g/mol. The topological polar surface area (TPSA) is 30.2 Å². The van der Waals surface area contributed by atoms with Crippen molar-refractivity contribution >= 4 is 5.65 Å². The molecule has 0 saturated carbocycles. The second-order valence-corrected chi connectivity index (χ2v) is 4.20. The fourth-order valence-electron chi connectivity index (χ4n) is 1.40. The number of aromatic nitrogens is 3. The standard InChI is InChI=1S/C10H13N3.C2H6/c1-10(2,3)8-6-12-9-7-11-4-5-13(8)9;1-2/h4-7H,1-3H3;1-2H3. The van der Waals surface area contributed by atoms with E-state index in [1.807, 2.05) is 26.2 Å². The predicted molar refractivity (Wildman–Crippen MR) is 63.0 cm³/mol. The molecule has 0 amide bonds. The maximum Gasteiger partial charge on any atom is 0.155 e. The second kappa shape index (κ2) is 4.43. The largest absolute Gasteiger partial charge is 0.301 e. The normalized spacial score (nSPS) is 11.0. The molecule has 0 radical (unpaired) electrons. The Kier molecular flexibility index (Phi) is 3.45. The average Bonchev–Trinajstić information content (AvgIpc) is 2.63. The molecule has 2 rings (SSSR count). The zero-order valence-corrected chi connectivity index (χ0v) is 10.2. The van der Waals surface area contributed by atoms with Gasteiger partial charge in [-0.05, 0) is 0 Å². The van der Waals surface area contributed by atoms with Crippen molar-refractivity contribution in [3.8, 4) is 0 Å². The highest BCUT2D eigenvalue weighted by atomic mass is 15.0. The molecule has 0 aliphatic rings. The van der Waals surface area contributed by atoms with Crippen molar-refractivity contribution in [3.05, 3.63) is 30.5 Å². The van der Waals surface area contributed by atoms with Crippen LogP contribution in [0.3, 0.4) is 0 Å². The molecule has 2 aromatic heterocycles. The van der Waals surface area contributed by atoms with E-state index in [-0.39, 0.29) is 5.41 Å². The van der Waals surface area contributed by atoms with Crippen LogP contribution in [-0.2, 0) is 5.41 Å². The Bertz CT molecular complexity index is 424. The van der Waals surface area contributed by atoms with Crippen molar-refractivity contribution in [2.75, 3.05) is 0 Å². The van der Waals surface area contributed by atoms with Gasteiger partial charge in [0.1, 0.15) is 0 Å². The molecule has 0 aliphatic heterocycles. The molecule has 82 valence electrons. The molecule has 0 aromatic carbocycles. The lowest BCUT2D eigenvalue weighted by Crippen LogP contribution is -2.13. The number of imidazole rings is 1. The van der Waals surface area contributed by atoms with Gasteiger partial charge in [-0.15, -0.1) is 0 Å². The summed E-state index contributed by atoms with van der Waals surface area (Å²) in [6.45, 7) is 10.5. The number of nitrogens with zero attached hydrogens (tertiary/aromatic N) is 3. The Morgan fingerprint density at radius 2 is 1.80 bits per heavy atom. The fraction of sp³-hybridized carbons (Fsp3) is 0.500. The summed E-state index contributed by atoms with van der Waals surface area (Å²) in [5.41, 5.74) is 2.25. The molecule has 2 heterocycles. The first-order valence-corrected chi connectivity index (χ1v) is 5.36. The zero-order valence-electron chi connectivity index (χ0n) is 10.2. The van der Waals surface area contributed by atoms with Gasteiger partial charge in [0.2, 0.25) is 0 Å². The van der Waals surface area contributed by atoms with Crippen molar-refractivity contribution in [1.29, 1.82) is 0 Å². The number of hydrogen-bond acceptors (Lipinski definition) is 2. The molecule has 0 spiro atoms. The third-order valence-electron chi connectivity index (χ3n) is 2.09. The molecule has 15 heavy (non-hydrogen) atoms. The number of hydrogen-bond donors (Lipinski definition) is 0. The molecule has 0 aliphatic carbocycles. The highest BCUT2D eigenvalue weighted by Crippen LogP contribution is 2.22. The molecule has 3 nitrogen and oxygen atoms in total. The average molecular weight is 205 g/mol. The molecule has 0 fully saturated rings. The van der Waals surface area contributed by atoms with Gasteiger partial charge in [-0.3, -0.25) is 4.98 Å². The van der Waals surface area contributed by atoms with E-state index in [2.05, 4.69) is 35.1 Å². The van der Waals surface area contributed by atoms with Crippen molar-refractivity contribution in [2.24, 2.45) is 0 Å². The third kappa shape index (κ3) is 2.35. The predicted octanol–water partition coefficient (Wildman–Crippen LogP) is 3.05. The minimum atomic E-state index is 0.126. The molecule has 0 atom stereocenters. The van der Waals surface area contributed by atoms with E-state index < -0.39 is 0 Å². The van der Waals surface area contributed by atoms with Crippen LogP contribution in [0.5, 0.6) is 0 Å². The minimum absolute atomic E-state index is 0.126. The van der Waals surface area contributed by atoms with E-state index in [9.17, 15) is 0 Å². The minimum Gasteiger partial charge on any atom is -0.301 e. The molecular weight excluding hydrogens is 186 g/mol. The van der Waals surface area contributed by atoms with Crippen molar-refractivity contribution in [2.45, 2.75) is 40.0 Å². The van der Waals surface area contributed by atoms with Gasteiger partial charge in [-0.25, -0.2) is 4.98 Å². The lowest BCUT2D eigenvalue weighted by atomic mass is 9.93. The quantitative estimate of drug-likeness (QED) is 0.661. The summed E-state index contributed by atoms with van der Waals surface area (Å²) >= 11 is 0. The Balaban J connectivity index is 0.000000531. The first-order chi connectivity index (χ1) is 7.09. The summed E-state index contributed by atoms with van der Waals surface area (Å²) < 4.78 is 2.08. The first-order valence-electron chi connectivity index (χ1n) is 5.36. The number of fused-ring (bicyclic) bond motifs is 1. The van der Waals surface area contributed by atoms with Crippen LogP contribution in [0.15, 0.2) is 24.8 Å². The maximum absolute atomic E-state index is 4.29. The Morgan fingerprint density at radius 1 is 1.13 bits per heavy atom. The van der Waals surface area contributed by atoms with Crippen LogP contribution in [0.4, 0.5) is 0 Å². The van der Waals surface area contributed by atoms with Gasteiger partial charge in [0.05, 0.1) is 6.20 Å². The Morgan fingerprint density at radius 3 is 2.40 bits per heavy atom. The zero-order chi connectivity index (χ0) is 11.5. The Labute approximate surface area is 91.2 Å². The van der Waals surface area contributed by atoms with E-state index in [1.165, 1.54) is 5.69 Å². The van der Waals surface area contributed by atoms with Crippen molar-refractivity contribution in [1.82, 2.24) is 14.4 Å². The van der Waals surface area contributed by atoms with Gasteiger partial charge in [0, 0.05) is 29.7 Å². The van der Waals surface area contributed by atoms with Gasteiger partial charge in [0.25, 0.3) is 0 Å². The van der Waals surface area contributed by atoms with Crippen molar-refractivity contribution in [3.63, 3.8) is 0 Å². The molecule has 0 N–H and O–H groups in total. The van der Waals surface area contributed by atoms with E-state index in [1.54, 1.807) is 12.4 Å².